The Morgan fingerprint density at radius 1 is 1.60 bits per heavy atom. The summed E-state index contributed by atoms with van der Waals surface area (Å²) in [4.78, 5) is 16.9. The minimum Gasteiger partial charge on any atom is -0.392 e. The lowest BCUT2D eigenvalue weighted by molar-refractivity contribution is -0.131. The van der Waals surface area contributed by atoms with Crippen LogP contribution in [0.3, 0.4) is 0 Å². The Morgan fingerprint density at radius 2 is 2.30 bits per heavy atom. The van der Waals surface area contributed by atoms with E-state index in [4.69, 9.17) is 22.7 Å². The van der Waals surface area contributed by atoms with Gasteiger partial charge in [-0.15, -0.1) is 0 Å². The molecular formula is C13H20N4O2S. The van der Waals surface area contributed by atoms with Crippen molar-refractivity contribution in [2.75, 3.05) is 19.8 Å². The number of carbonyl (C=O) groups is 1. The average Bonchev–Trinajstić information content (AvgIpc) is 2.85. The molecule has 0 saturated carbocycles. The SMILES string of the molecule is Cn1ccnc1CCNC(=O)C1(C(N)=S)CCOCC1. The van der Waals surface area contributed by atoms with Crippen LogP contribution < -0.4 is 11.1 Å². The molecule has 1 amide bonds. The standard InChI is InChI=1S/C13H20N4O2S/c1-17-7-6-15-10(17)2-5-16-12(18)13(11(14)20)3-8-19-9-4-13/h6-7H,2-5,8-9H2,1H3,(H2,14,20)(H,16,18). The molecule has 1 aliphatic heterocycles. The number of hydrogen-bond donors (Lipinski definition) is 2. The second-order valence-corrected chi connectivity index (χ2v) is 5.46. The lowest BCUT2D eigenvalue weighted by Gasteiger charge is -2.34. The topological polar surface area (TPSA) is 82.2 Å². The molecule has 110 valence electrons. The second-order valence-electron chi connectivity index (χ2n) is 5.02. The Bertz CT molecular complexity index is 494. The molecule has 2 heterocycles. The van der Waals surface area contributed by atoms with E-state index in [1.54, 1.807) is 6.20 Å². The molecule has 0 unspecified atom stereocenters. The van der Waals surface area contributed by atoms with Crippen LogP contribution in [0.25, 0.3) is 0 Å². The number of thiocarbonyl (C=S) groups is 1. The van der Waals surface area contributed by atoms with Crippen LogP contribution >= 0.6 is 12.2 Å². The minimum atomic E-state index is -0.755. The van der Waals surface area contributed by atoms with Crippen molar-refractivity contribution in [2.24, 2.45) is 18.2 Å². The molecule has 0 radical (unpaired) electrons. The van der Waals surface area contributed by atoms with Crippen LogP contribution in [0, 0.1) is 5.41 Å². The summed E-state index contributed by atoms with van der Waals surface area (Å²) in [5, 5.41) is 2.92. The number of aryl methyl sites for hydroxylation is 1. The van der Waals surface area contributed by atoms with Crippen molar-refractivity contribution in [3.63, 3.8) is 0 Å². The summed E-state index contributed by atoms with van der Waals surface area (Å²) in [6.07, 6.45) is 5.41. The van der Waals surface area contributed by atoms with Gasteiger partial charge in [-0.3, -0.25) is 4.79 Å². The van der Waals surface area contributed by atoms with Gasteiger partial charge in [0.05, 0.1) is 4.99 Å². The first-order valence-corrected chi connectivity index (χ1v) is 7.09. The van der Waals surface area contributed by atoms with Gasteiger partial charge in [-0.2, -0.15) is 0 Å². The maximum Gasteiger partial charge on any atom is 0.233 e. The number of nitrogens with one attached hydrogen (secondary N) is 1. The maximum absolute atomic E-state index is 12.4. The van der Waals surface area contributed by atoms with Crippen molar-refractivity contribution in [3.05, 3.63) is 18.2 Å². The van der Waals surface area contributed by atoms with Crippen molar-refractivity contribution in [1.29, 1.82) is 0 Å². The van der Waals surface area contributed by atoms with E-state index in [0.717, 1.165) is 5.82 Å². The summed E-state index contributed by atoms with van der Waals surface area (Å²) < 4.78 is 7.23. The van der Waals surface area contributed by atoms with Crippen molar-refractivity contribution in [3.8, 4) is 0 Å². The Morgan fingerprint density at radius 3 is 2.85 bits per heavy atom. The van der Waals surface area contributed by atoms with Crippen molar-refractivity contribution >= 4 is 23.1 Å². The van der Waals surface area contributed by atoms with E-state index >= 15 is 0 Å². The number of nitrogens with zero attached hydrogens (tertiary/aromatic N) is 2. The van der Waals surface area contributed by atoms with Gasteiger partial charge >= 0.3 is 0 Å². The Hall–Kier alpha value is -1.47. The van der Waals surface area contributed by atoms with Gasteiger partial charge < -0.3 is 20.4 Å². The lowest BCUT2D eigenvalue weighted by Crippen LogP contribution is -2.52. The zero-order chi connectivity index (χ0) is 14.6. The van der Waals surface area contributed by atoms with E-state index in [9.17, 15) is 4.79 Å². The van der Waals surface area contributed by atoms with Gasteiger partial charge in [-0.25, -0.2) is 4.98 Å². The molecule has 3 N–H and O–H groups in total. The number of nitrogens with two attached hydrogens (primary N) is 1. The quantitative estimate of drug-likeness (QED) is 0.757. The van der Waals surface area contributed by atoms with Crippen molar-refractivity contribution < 1.29 is 9.53 Å². The van der Waals surface area contributed by atoms with Gasteiger partial charge in [-0.1, -0.05) is 12.2 Å². The monoisotopic (exact) mass is 296 g/mol. The van der Waals surface area contributed by atoms with E-state index in [0.29, 0.717) is 39.0 Å². The summed E-state index contributed by atoms with van der Waals surface area (Å²) in [6.45, 7) is 1.56. The fourth-order valence-corrected chi connectivity index (χ4v) is 2.70. The number of carbonyl (C=O) groups excluding carboxylic acids is 1. The molecule has 0 aromatic carbocycles. The molecule has 0 aliphatic carbocycles. The first kappa shape index (κ1) is 14.9. The summed E-state index contributed by atoms with van der Waals surface area (Å²) in [5.41, 5.74) is 5.04. The molecule has 0 bridgehead atoms. The Labute approximate surface area is 123 Å². The maximum atomic E-state index is 12.4. The van der Waals surface area contributed by atoms with E-state index in [1.165, 1.54) is 0 Å². The number of rotatable bonds is 5. The van der Waals surface area contributed by atoms with Crippen LogP contribution in [0.2, 0.25) is 0 Å². The third-order valence-electron chi connectivity index (χ3n) is 3.81. The molecule has 1 fully saturated rings. The molecular weight excluding hydrogens is 276 g/mol. The summed E-state index contributed by atoms with van der Waals surface area (Å²) in [6, 6.07) is 0. The van der Waals surface area contributed by atoms with E-state index in [2.05, 4.69) is 10.3 Å². The summed E-state index contributed by atoms with van der Waals surface area (Å²) in [7, 11) is 1.93. The lowest BCUT2D eigenvalue weighted by atomic mass is 9.79. The number of amides is 1. The number of ether oxygens (including phenoxy) is 1. The summed E-state index contributed by atoms with van der Waals surface area (Å²) >= 11 is 5.10. The van der Waals surface area contributed by atoms with E-state index in [-0.39, 0.29) is 10.9 Å². The smallest absolute Gasteiger partial charge is 0.233 e. The molecule has 0 spiro atoms. The Kier molecular flexibility index (Phi) is 4.72. The largest absolute Gasteiger partial charge is 0.392 e. The molecule has 1 saturated heterocycles. The fraction of sp³-hybridized carbons (Fsp3) is 0.615. The summed E-state index contributed by atoms with van der Waals surface area (Å²) in [5.74, 6) is 0.837. The van der Waals surface area contributed by atoms with Crippen LogP contribution in [-0.4, -0.2) is 40.2 Å². The van der Waals surface area contributed by atoms with Gasteiger partial charge in [0, 0.05) is 45.6 Å². The number of hydrogen-bond acceptors (Lipinski definition) is 4. The number of aromatic nitrogens is 2. The predicted octanol–water partition coefficient (Wildman–Crippen LogP) is 0.162. The highest BCUT2D eigenvalue weighted by Gasteiger charge is 2.42. The van der Waals surface area contributed by atoms with E-state index < -0.39 is 5.41 Å². The van der Waals surface area contributed by atoms with Crippen LogP contribution in [-0.2, 0) is 23.0 Å². The van der Waals surface area contributed by atoms with Crippen LogP contribution in [0.1, 0.15) is 18.7 Å². The molecule has 1 aliphatic rings. The Balaban J connectivity index is 1.92. The van der Waals surface area contributed by atoms with Crippen molar-refractivity contribution in [1.82, 2.24) is 14.9 Å². The second kappa shape index (κ2) is 6.32. The molecule has 7 heteroatoms. The van der Waals surface area contributed by atoms with Gasteiger partial charge in [0.2, 0.25) is 5.91 Å². The first-order chi connectivity index (χ1) is 9.56. The predicted molar refractivity (Wildman–Crippen MR) is 79.2 cm³/mol. The number of imidazole rings is 1. The third-order valence-corrected chi connectivity index (χ3v) is 4.20. The van der Waals surface area contributed by atoms with Gasteiger partial charge in [0.15, 0.2) is 0 Å². The highest BCUT2D eigenvalue weighted by atomic mass is 32.1. The normalized spacial score (nSPS) is 17.6. The van der Waals surface area contributed by atoms with Crippen LogP contribution in [0.4, 0.5) is 0 Å². The average molecular weight is 296 g/mol. The van der Waals surface area contributed by atoms with Crippen LogP contribution in [0.5, 0.6) is 0 Å². The zero-order valence-electron chi connectivity index (χ0n) is 11.6. The molecule has 6 nitrogen and oxygen atoms in total. The first-order valence-electron chi connectivity index (χ1n) is 6.68. The highest BCUT2D eigenvalue weighted by molar-refractivity contribution is 7.80. The fourth-order valence-electron chi connectivity index (χ4n) is 2.40. The van der Waals surface area contributed by atoms with E-state index in [1.807, 2.05) is 17.8 Å². The molecule has 1 aromatic heterocycles. The molecule has 20 heavy (non-hydrogen) atoms. The van der Waals surface area contributed by atoms with Gasteiger partial charge in [0.25, 0.3) is 0 Å². The van der Waals surface area contributed by atoms with Crippen molar-refractivity contribution in [2.45, 2.75) is 19.3 Å². The minimum absolute atomic E-state index is 0.0949. The molecule has 1 aromatic rings. The highest BCUT2D eigenvalue weighted by Crippen LogP contribution is 2.31. The third kappa shape index (κ3) is 2.99. The molecule has 0 atom stereocenters. The zero-order valence-corrected chi connectivity index (χ0v) is 12.4. The van der Waals surface area contributed by atoms with Gasteiger partial charge in [-0.05, 0) is 12.8 Å². The molecule has 2 rings (SSSR count). The van der Waals surface area contributed by atoms with Gasteiger partial charge in [0.1, 0.15) is 11.2 Å². The van der Waals surface area contributed by atoms with Crippen LogP contribution in [0.15, 0.2) is 12.4 Å².